The molecule has 3 aromatic carbocycles. The summed E-state index contributed by atoms with van der Waals surface area (Å²) in [4.78, 5) is 35.8. The van der Waals surface area contributed by atoms with Crippen LogP contribution in [0.2, 0.25) is 0 Å². The summed E-state index contributed by atoms with van der Waals surface area (Å²) in [6.07, 6.45) is 0.0622. The van der Waals surface area contributed by atoms with E-state index in [1.54, 1.807) is 55.5 Å². The molecule has 0 fully saturated rings. The minimum Gasteiger partial charge on any atom is -0.507 e. The highest BCUT2D eigenvalue weighted by molar-refractivity contribution is 6.11. The molecule has 3 rings (SSSR count). The molecule has 0 aliphatic rings. The first-order valence-electron chi connectivity index (χ1n) is 11.1. The second-order valence-electron chi connectivity index (χ2n) is 7.98. The van der Waals surface area contributed by atoms with Crippen LogP contribution in [0, 0.1) is 0 Å². The van der Waals surface area contributed by atoms with Gasteiger partial charge in [0.1, 0.15) is 23.0 Å². The smallest absolute Gasteiger partial charge is 0.411 e. The number of carbonyl (C=O) groups excluding carboxylic acids is 2. The van der Waals surface area contributed by atoms with Crippen LogP contribution in [0.1, 0.15) is 53.2 Å². The molecule has 0 bridgehead atoms. The second-order valence-corrected chi connectivity index (χ2v) is 7.98. The number of rotatable bonds is 9. The standard InChI is InChI=1S/C27H27NO7/c1-4-6-18-13-19(25(30)22-11-10-20(34-3)15-23(22)29)9-12-24(18)35-21-8-5-7-17(14-21)16(2)26(31)28-27(32)33/h5,7-16,29H,4,6H2,1-3H3,(H,28,31)(H,32,33). The number of nitrogens with one attached hydrogen (secondary N) is 1. The number of amides is 2. The van der Waals surface area contributed by atoms with Gasteiger partial charge in [0.05, 0.1) is 18.6 Å². The third kappa shape index (κ3) is 6.17. The highest BCUT2D eigenvalue weighted by atomic mass is 16.5. The molecule has 182 valence electrons. The topological polar surface area (TPSA) is 122 Å². The lowest BCUT2D eigenvalue weighted by Crippen LogP contribution is -2.32. The van der Waals surface area contributed by atoms with E-state index in [0.29, 0.717) is 34.8 Å². The van der Waals surface area contributed by atoms with Crippen molar-refractivity contribution >= 4 is 17.8 Å². The van der Waals surface area contributed by atoms with E-state index < -0.39 is 17.9 Å². The van der Waals surface area contributed by atoms with Crippen LogP contribution in [-0.4, -0.2) is 35.1 Å². The molecule has 1 unspecified atom stereocenters. The minimum absolute atomic E-state index is 0.162. The molecule has 3 aromatic rings. The molecule has 0 heterocycles. The largest absolute Gasteiger partial charge is 0.507 e. The number of ketones is 1. The van der Waals surface area contributed by atoms with Crippen molar-refractivity contribution in [1.29, 1.82) is 0 Å². The Hall–Kier alpha value is -4.33. The average Bonchev–Trinajstić information content (AvgIpc) is 2.84. The van der Waals surface area contributed by atoms with Gasteiger partial charge in [0.2, 0.25) is 5.91 Å². The summed E-state index contributed by atoms with van der Waals surface area (Å²) >= 11 is 0. The van der Waals surface area contributed by atoms with Crippen LogP contribution >= 0.6 is 0 Å². The fourth-order valence-electron chi connectivity index (χ4n) is 3.61. The van der Waals surface area contributed by atoms with Crippen LogP contribution in [0.25, 0.3) is 0 Å². The van der Waals surface area contributed by atoms with Crippen molar-refractivity contribution in [1.82, 2.24) is 5.32 Å². The van der Waals surface area contributed by atoms with Crippen LogP contribution in [0.3, 0.4) is 0 Å². The average molecular weight is 478 g/mol. The Labute approximate surface area is 203 Å². The fraction of sp³-hybridized carbons (Fsp3) is 0.222. The van der Waals surface area contributed by atoms with E-state index in [2.05, 4.69) is 0 Å². The molecular weight excluding hydrogens is 450 g/mol. The minimum atomic E-state index is -1.41. The number of benzene rings is 3. The molecular formula is C27H27NO7. The maximum Gasteiger partial charge on any atom is 0.411 e. The van der Waals surface area contributed by atoms with Gasteiger partial charge in [-0.2, -0.15) is 0 Å². The van der Waals surface area contributed by atoms with Crippen molar-refractivity contribution in [2.24, 2.45) is 0 Å². The lowest BCUT2D eigenvalue weighted by Gasteiger charge is -2.15. The molecule has 0 aliphatic carbocycles. The van der Waals surface area contributed by atoms with Gasteiger partial charge in [-0.05, 0) is 66.9 Å². The lowest BCUT2D eigenvalue weighted by molar-refractivity contribution is -0.121. The number of phenols is 1. The Morgan fingerprint density at radius 1 is 1.00 bits per heavy atom. The molecule has 0 radical (unpaired) electrons. The molecule has 3 N–H and O–H groups in total. The molecule has 2 amide bonds. The Morgan fingerprint density at radius 2 is 1.77 bits per heavy atom. The maximum atomic E-state index is 13.0. The van der Waals surface area contributed by atoms with Gasteiger partial charge in [-0.3, -0.25) is 14.9 Å². The van der Waals surface area contributed by atoms with Gasteiger partial charge in [-0.15, -0.1) is 0 Å². The van der Waals surface area contributed by atoms with Gasteiger partial charge in [0, 0.05) is 11.6 Å². The number of imide groups is 1. The zero-order valence-electron chi connectivity index (χ0n) is 19.7. The van der Waals surface area contributed by atoms with E-state index in [1.165, 1.54) is 19.2 Å². The fourth-order valence-corrected chi connectivity index (χ4v) is 3.61. The van der Waals surface area contributed by atoms with E-state index >= 15 is 0 Å². The second kappa shape index (κ2) is 11.2. The molecule has 0 aromatic heterocycles. The third-order valence-corrected chi connectivity index (χ3v) is 5.50. The molecule has 8 nitrogen and oxygen atoms in total. The summed E-state index contributed by atoms with van der Waals surface area (Å²) in [5.41, 5.74) is 1.99. The number of phenolic OH excluding ortho intramolecular Hbond substituents is 1. The molecule has 0 saturated carbocycles. The van der Waals surface area contributed by atoms with Crippen LogP contribution < -0.4 is 14.8 Å². The zero-order chi connectivity index (χ0) is 25.5. The van der Waals surface area contributed by atoms with Gasteiger partial charge < -0.3 is 19.7 Å². The zero-order valence-corrected chi connectivity index (χ0v) is 19.7. The predicted molar refractivity (Wildman–Crippen MR) is 130 cm³/mol. The van der Waals surface area contributed by atoms with Crippen LogP contribution in [0.15, 0.2) is 60.7 Å². The van der Waals surface area contributed by atoms with Gasteiger partial charge >= 0.3 is 6.09 Å². The quantitative estimate of drug-likeness (QED) is 0.359. The molecule has 0 aliphatic heterocycles. The monoisotopic (exact) mass is 477 g/mol. The van der Waals surface area contributed by atoms with Gasteiger partial charge in [0.15, 0.2) is 5.78 Å². The van der Waals surface area contributed by atoms with E-state index in [1.807, 2.05) is 12.2 Å². The van der Waals surface area contributed by atoms with Gasteiger partial charge in [-0.25, -0.2) is 4.79 Å². The molecule has 35 heavy (non-hydrogen) atoms. The molecule has 1 atom stereocenters. The van der Waals surface area contributed by atoms with Crippen LogP contribution in [0.5, 0.6) is 23.0 Å². The summed E-state index contributed by atoms with van der Waals surface area (Å²) in [6, 6.07) is 16.5. The van der Waals surface area contributed by atoms with E-state index in [-0.39, 0.29) is 17.1 Å². The van der Waals surface area contributed by atoms with Crippen molar-refractivity contribution in [2.45, 2.75) is 32.6 Å². The number of ether oxygens (including phenoxy) is 2. The first kappa shape index (κ1) is 25.3. The van der Waals surface area contributed by atoms with Crippen molar-refractivity contribution in [3.8, 4) is 23.0 Å². The van der Waals surface area contributed by atoms with E-state index in [9.17, 15) is 19.5 Å². The third-order valence-electron chi connectivity index (χ3n) is 5.50. The highest BCUT2D eigenvalue weighted by Gasteiger charge is 2.19. The number of aryl methyl sites for hydroxylation is 1. The van der Waals surface area contributed by atoms with E-state index in [4.69, 9.17) is 14.6 Å². The van der Waals surface area contributed by atoms with E-state index in [0.717, 1.165) is 12.0 Å². The summed E-state index contributed by atoms with van der Waals surface area (Å²) in [5.74, 6) is -0.331. The summed E-state index contributed by atoms with van der Waals surface area (Å²) in [5, 5.41) is 20.9. The number of carboxylic acid groups (broad SMARTS) is 1. The van der Waals surface area contributed by atoms with Gasteiger partial charge in [-0.1, -0.05) is 25.5 Å². The summed E-state index contributed by atoms with van der Waals surface area (Å²) < 4.78 is 11.2. The summed E-state index contributed by atoms with van der Waals surface area (Å²) in [7, 11) is 1.48. The maximum absolute atomic E-state index is 13.0. The van der Waals surface area contributed by atoms with Crippen molar-refractivity contribution in [3.05, 3.63) is 82.9 Å². The highest BCUT2D eigenvalue weighted by Crippen LogP contribution is 2.31. The van der Waals surface area contributed by atoms with Crippen LogP contribution in [-0.2, 0) is 11.2 Å². The summed E-state index contributed by atoms with van der Waals surface area (Å²) in [6.45, 7) is 3.62. The number of methoxy groups -OCH3 is 1. The Balaban J connectivity index is 1.87. The molecule has 0 spiro atoms. The first-order valence-corrected chi connectivity index (χ1v) is 11.1. The first-order chi connectivity index (χ1) is 16.7. The molecule has 8 heteroatoms. The SMILES string of the molecule is CCCc1cc(C(=O)c2ccc(OC)cc2O)ccc1Oc1cccc(C(C)C(=O)NC(=O)O)c1. The Kier molecular flexibility index (Phi) is 8.09. The van der Waals surface area contributed by atoms with Gasteiger partial charge in [0.25, 0.3) is 0 Å². The number of hydrogen-bond acceptors (Lipinski definition) is 6. The predicted octanol–water partition coefficient (Wildman–Crippen LogP) is 5.27. The van der Waals surface area contributed by atoms with Crippen molar-refractivity contribution in [3.63, 3.8) is 0 Å². The Bertz CT molecular complexity index is 1250. The number of aromatic hydroxyl groups is 1. The lowest BCUT2D eigenvalue weighted by atomic mass is 9.98. The number of carbonyl (C=O) groups is 3. The van der Waals surface area contributed by atoms with Crippen molar-refractivity contribution in [2.75, 3.05) is 7.11 Å². The normalized spacial score (nSPS) is 11.4. The number of hydrogen-bond donors (Lipinski definition) is 3. The molecule has 0 saturated heterocycles. The van der Waals surface area contributed by atoms with Crippen LogP contribution in [0.4, 0.5) is 4.79 Å². The van der Waals surface area contributed by atoms with Crippen molar-refractivity contribution < 1.29 is 34.1 Å². The Morgan fingerprint density at radius 3 is 2.43 bits per heavy atom.